The van der Waals surface area contributed by atoms with Crippen LogP contribution in [0.2, 0.25) is 0 Å². The molecule has 5 nitrogen and oxygen atoms in total. The van der Waals surface area contributed by atoms with Crippen molar-refractivity contribution in [1.29, 1.82) is 10.7 Å². The minimum absolute atomic E-state index is 0.144. The lowest BCUT2D eigenvalue weighted by molar-refractivity contribution is 0.433. The standard InChI is InChI=1S/C17H10N2O3S/c18-8-10-13(12-6-3-7-23-12)14-15(22-16(10)19)9-4-1-2-5-11(9)21-17(14)20/h1-7,10,13,19H. The fraction of sp³-hybridized carbons (Fsp3) is 0.118. The molecule has 0 saturated heterocycles. The zero-order valence-electron chi connectivity index (χ0n) is 11.8. The highest BCUT2D eigenvalue weighted by Crippen LogP contribution is 2.44. The summed E-state index contributed by atoms with van der Waals surface area (Å²) in [6.45, 7) is 0. The van der Waals surface area contributed by atoms with E-state index in [0.717, 1.165) is 4.88 Å². The number of nitrogens with one attached hydrogen (secondary N) is 1. The van der Waals surface area contributed by atoms with Gasteiger partial charge in [0.2, 0.25) is 5.90 Å². The number of hydrogen-bond donors (Lipinski definition) is 1. The molecular weight excluding hydrogens is 312 g/mol. The van der Waals surface area contributed by atoms with Crippen molar-refractivity contribution < 1.29 is 9.15 Å². The van der Waals surface area contributed by atoms with Gasteiger partial charge in [-0.25, -0.2) is 4.79 Å². The van der Waals surface area contributed by atoms with Crippen LogP contribution in [0.25, 0.3) is 11.0 Å². The first-order valence-corrected chi connectivity index (χ1v) is 7.83. The summed E-state index contributed by atoms with van der Waals surface area (Å²) in [7, 11) is 0. The number of rotatable bonds is 1. The highest BCUT2D eigenvalue weighted by molar-refractivity contribution is 7.10. The van der Waals surface area contributed by atoms with E-state index < -0.39 is 17.5 Å². The normalized spacial score (nSPS) is 19.9. The molecule has 4 rings (SSSR count). The first-order valence-electron chi connectivity index (χ1n) is 6.95. The fourth-order valence-electron chi connectivity index (χ4n) is 2.91. The Kier molecular flexibility index (Phi) is 3.03. The number of fused-ring (bicyclic) bond motifs is 3. The lowest BCUT2D eigenvalue weighted by Gasteiger charge is -2.28. The zero-order valence-corrected chi connectivity index (χ0v) is 12.6. The van der Waals surface area contributed by atoms with Crippen LogP contribution < -0.4 is 10.4 Å². The van der Waals surface area contributed by atoms with Crippen LogP contribution in [0.1, 0.15) is 16.4 Å². The molecule has 1 N–H and O–H groups in total. The van der Waals surface area contributed by atoms with E-state index in [1.54, 1.807) is 18.2 Å². The summed E-state index contributed by atoms with van der Waals surface area (Å²) >= 11 is 1.44. The topological polar surface area (TPSA) is 87.1 Å². The Hall–Kier alpha value is -2.91. The highest BCUT2D eigenvalue weighted by Gasteiger charge is 2.41. The molecule has 3 heterocycles. The summed E-state index contributed by atoms with van der Waals surface area (Å²) in [5.74, 6) is -1.21. The van der Waals surface area contributed by atoms with Crippen molar-refractivity contribution in [3.63, 3.8) is 0 Å². The van der Waals surface area contributed by atoms with Gasteiger partial charge in [-0.2, -0.15) is 5.26 Å². The molecule has 2 atom stereocenters. The van der Waals surface area contributed by atoms with Gasteiger partial charge in [0.15, 0.2) is 5.75 Å². The second-order valence-electron chi connectivity index (χ2n) is 5.19. The Morgan fingerprint density at radius 2 is 2.04 bits per heavy atom. The Labute approximate surface area is 134 Å². The summed E-state index contributed by atoms with van der Waals surface area (Å²) in [5.41, 5.74) is 0.197. The minimum Gasteiger partial charge on any atom is -0.441 e. The van der Waals surface area contributed by atoms with Crippen LogP contribution in [0.5, 0.6) is 5.75 Å². The van der Waals surface area contributed by atoms with Crippen LogP contribution in [0.4, 0.5) is 0 Å². The van der Waals surface area contributed by atoms with Crippen LogP contribution in [-0.2, 0) is 0 Å². The van der Waals surface area contributed by atoms with E-state index in [0.29, 0.717) is 22.3 Å². The van der Waals surface area contributed by atoms with E-state index in [1.165, 1.54) is 11.3 Å². The number of nitrogens with zero attached hydrogens (tertiary/aromatic N) is 1. The molecule has 2 unspecified atom stereocenters. The fourth-order valence-corrected chi connectivity index (χ4v) is 3.79. The first-order chi connectivity index (χ1) is 11.2. The molecule has 112 valence electrons. The summed E-state index contributed by atoms with van der Waals surface area (Å²) in [6, 6.07) is 12.8. The second kappa shape index (κ2) is 5.07. The molecule has 1 aromatic carbocycles. The van der Waals surface area contributed by atoms with E-state index in [4.69, 9.17) is 14.6 Å². The predicted octanol–water partition coefficient (Wildman–Crippen LogP) is 3.50. The van der Waals surface area contributed by atoms with Crippen molar-refractivity contribution in [1.82, 2.24) is 0 Å². The molecular formula is C17H10N2O3S. The maximum Gasteiger partial charge on any atom is 0.343 e. The maximum absolute atomic E-state index is 12.5. The quantitative estimate of drug-likeness (QED) is 0.695. The number of para-hydroxylation sites is 1. The molecule has 0 radical (unpaired) electrons. The Bertz CT molecular complexity index is 1010. The third-order valence-corrected chi connectivity index (χ3v) is 4.88. The Morgan fingerprint density at radius 3 is 2.78 bits per heavy atom. The van der Waals surface area contributed by atoms with Gasteiger partial charge in [0.05, 0.1) is 22.9 Å². The molecule has 0 bridgehead atoms. The molecule has 1 aliphatic rings. The molecule has 0 spiro atoms. The SMILES string of the molecule is N#CC1C(=N)Oc2c(c(=O)oc3ccccc23)C1c1cccs1. The predicted molar refractivity (Wildman–Crippen MR) is 86.1 cm³/mol. The molecule has 0 fully saturated rings. The molecule has 2 aromatic heterocycles. The van der Waals surface area contributed by atoms with Crippen molar-refractivity contribution >= 4 is 28.2 Å². The van der Waals surface area contributed by atoms with Gasteiger partial charge in [-0.1, -0.05) is 18.2 Å². The van der Waals surface area contributed by atoms with Crippen molar-refractivity contribution in [2.45, 2.75) is 5.92 Å². The van der Waals surface area contributed by atoms with E-state index in [1.807, 2.05) is 23.6 Å². The number of thiophene rings is 1. The van der Waals surface area contributed by atoms with Gasteiger partial charge in [0.1, 0.15) is 11.5 Å². The van der Waals surface area contributed by atoms with Gasteiger partial charge >= 0.3 is 5.63 Å². The molecule has 1 aliphatic heterocycles. The van der Waals surface area contributed by atoms with Crippen molar-refractivity contribution in [3.8, 4) is 11.8 Å². The first kappa shape index (κ1) is 13.7. The van der Waals surface area contributed by atoms with Crippen LogP contribution in [0, 0.1) is 22.7 Å². The van der Waals surface area contributed by atoms with E-state index in [-0.39, 0.29) is 5.90 Å². The molecule has 0 saturated carbocycles. The van der Waals surface area contributed by atoms with Crippen LogP contribution >= 0.6 is 11.3 Å². The number of hydrogen-bond acceptors (Lipinski definition) is 6. The zero-order chi connectivity index (χ0) is 16.0. The van der Waals surface area contributed by atoms with E-state index in [9.17, 15) is 10.1 Å². The van der Waals surface area contributed by atoms with Gasteiger partial charge < -0.3 is 9.15 Å². The van der Waals surface area contributed by atoms with Crippen molar-refractivity contribution in [3.05, 3.63) is 62.6 Å². The van der Waals surface area contributed by atoms with Crippen LogP contribution in [-0.4, -0.2) is 5.90 Å². The molecule has 3 aromatic rings. The highest BCUT2D eigenvalue weighted by atomic mass is 32.1. The van der Waals surface area contributed by atoms with Crippen LogP contribution in [0.15, 0.2) is 51.0 Å². The monoisotopic (exact) mass is 322 g/mol. The lowest BCUT2D eigenvalue weighted by atomic mass is 9.83. The average molecular weight is 322 g/mol. The third-order valence-electron chi connectivity index (χ3n) is 3.93. The molecule has 0 amide bonds. The van der Waals surface area contributed by atoms with E-state index >= 15 is 0 Å². The van der Waals surface area contributed by atoms with Crippen molar-refractivity contribution in [2.75, 3.05) is 0 Å². The number of benzene rings is 1. The Balaban J connectivity index is 2.09. The second-order valence-corrected chi connectivity index (χ2v) is 6.17. The summed E-state index contributed by atoms with van der Waals surface area (Å²) in [5, 5.41) is 20.1. The minimum atomic E-state index is -0.842. The largest absolute Gasteiger partial charge is 0.441 e. The maximum atomic E-state index is 12.5. The third kappa shape index (κ3) is 1.98. The van der Waals surface area contributed by atoms with Gasteiger partial charge in [0.25, 0.3) is 0 Å². The number of ether oxygens (including phenoxy) is 1. The molecule has 0 aliphatic carbocycles. The summed E-state index contributed by atoms with van der Waals surface area (Å²) < 4.78 is 11.0. The molecule has 6 heteroatoms. The number of nitriles is 1. The van der Waals surface area contributed by atoms with Gasteiger partial charge in [-0.3, -0.25) is 5.41 Å². The van der Waals surface area contributed by atoms with Gasteiger partial charge in [-0.15, -0.1) is 11.3 Å². The smallest absolute Gasteiger partial charge is 0.343 e. The lowest BCUT2D eigenvalue weighted by Crippen LogP contribution is -2.34. The van der Waals surface area contributed by atoms with Crippen LogP contribution in [0.3, 0.4) is 0 Å². The summed E-state index contributed by atoms with van der Waals surface area (Å²) in [4.78, 5) is 13.4. The summed E-state index contributed by atoms with van der Waals surface area (Å²) in [6.07, 6.45) is 0. The van der Waals surface area contributed by atoms with E-state index in [2.05, 4.69) is 6.07 Å². The average Bonchev–Trinajstić information content (AvgIpc) is 3.08. The van der Waals surface area contributed by atoms with Gasteiger partial charge in [0, 0.05) is 4.88 Å². The van der Waals surface area contributed by atoms with Gasteiger partial charge in [-0.05, 0) is 23.6 Å². The molecule has 23 heavy (non-hydrogen) atoms. The van der Waals surface area contributed by atoms with Crippen molar-refractivity contribution in [2.24, 2.45) is 5.92 Å². The Morgan fingerprint density at radius 1 is 1.22 bits per heavy atom.